The lowest BCUT2D eigenvalue weighted by Crippen LogP contribution is -2.42. The number of benzene rings is 2. The standard InChI is InChI=1S/C22H25FN4O2/c23-18-6-3-7-19-22(18)26-20(25-19)8-9-21(29)24-12-17(28)14-27-11-10-15-4-1-2-5-16(15)13-27/h1-7,17,28H,8-14H2,(H,24,29)(H,25,26). The molecule has 1 unspecified atom stereocenters. The second-order valence-corrected chi connectivity index (χ2v) is 7.53. The number of aromatic amines is 1. The fourth-order valence-electron chi connectivity index (χ4n) is 3.79. The van der Waals surface area contributed by atoms with Crippen molar-refractivity contribution in [1.29, 1.82) is 0 Å². The molecule has 0 aliphatic carbocycles. The number of H-pyrrole nitrogens is 1. The summed E-state index contributed by atoms with van der Waals surface area (Å²) >= 11 is 0. The number of nitrogens with zero attached hydrogens (tertiary/aromatic N) is 2. The van der Waals surface area contributed by atoms with Gasteiger partial charge in [0.2, 0.25) is 5.91 Å². The molecule has 3 N–H and O–H groups in total. The van der Waals surface area contributed by atoms with E-state index in [4.69, 9.17) is 0 Å². The van der Waals surface area contributed by atoms with Gasteiger partial charge in [0.05, 0.1) is 11.6 Å². The fraction of sp³-hybridized carbons (Fsp3) is 0.364. The Morgan fingerprint density at radius 1 is 1.24 bits per heavy atom. The third-order valence-corrected chi connectivity index (χ3v) is 5.31. The number of hydrogen-bond donors (Lipinski definition) is 3. The molecule has 1 amide bonds. The second-order valence-electron chi connectivity index (χ2n) is 7.53. The van der Waals surface area contributed by atoms with Crippen molar-refractivity contribution in [3.8, 4) is 0 Å². The molecule has 4 rings (SSSR count). The summed E-state index contributed by atoms with van der Waals surface area (Å²) in [6.07, 6.45) is 0.974. The van der Waals surface area contributed by atoms with E-state index in [1.165, 1.54) is 17.2 Å². The summed E-state index contributed by atoms with van der Waals surface area (Å²) in [5, 5.41) is 13.1. The number of amides is 1. The first kappa shape index (κ1) is 19.5. The minimum Gasteiger partial charge on any atom is -0.390 e. The first-order valence-corrected chi connectivity index (χ1v) is 9.95. The summed E-state index contributed by atoms with van der Waals surface area (Å²) in [4.78, 5) is 21.6. The van der Waals surface area contributed by atoms with Gasteiger partial charge in [-0.3, -0.25) is 9.69 Å². The van der Waals surface area contributed by atoms with Crippen LogP contribution in [0.3, 0.4) is 0 Å². The lowest BCUT2D eigenvalue weighted by Gasteiger charge is -2.30. The number of aromatic nitrogens is 2. The van der Waals surface area contributed by atoms with Crippen molar-refractivity contribution in [1.82, 2.24) is 20.2 Å². The summed E-state index contributed by atoms with van der Waals surface area (Å²) in [6.45, 7) is 2.47. The molecule has 0 bridgehead atoms. The van der Waals surface area contributed by atoms with Gasteiger partial charge in [0.15, 0.2) is 5.82 Å². The van der Waals surface area contributed by atoms with E-state index >= 15 is 0 Å². The van der Waals surface area contributed by atoms with E-state index in [1.54, 1.807) is 12.1 Å². The number of carbonyl (C=O) groups is 1. The first-order chi connectivity index (χ1) is 14.1. The van der Waals surface area contributed by atoms with Gasteiger partial charge >= 0.3 is 0 Å². The molecule has 0 fully saturated rings. The Morgan fingerprint density at radius 3 is 2.90 bits per heavy atom. The predicted molar refractivity (Wildman–Crippen MR) is 109 cm³/mol. The van der Waals surface area contributed by atoms with Gasteiger partial charge in [0.25, 0.3) is 0 Å². The first-order valence-electron chi connectivity index (χ1n) is 9.95. The zero-order valence-electron chi connectivity index (χ0n) is 16.2. The molecule has 2 heterocycles. The summed E-state index contributed by atoms with van der Waals surface area (Å²) in [5.74, 6) is 0.0414. The van der Waals surface area contributed by atoms with Crippen LogP contribution in [0.2, 0.25) is 0 Å². The van der Waals surface area contributed by atoms with Crippen molar-refractivity contribution < 1.29 is 14.3 Å². The van der Waals surface area contributed by atoms with Crippen molar-refractivity contribution in [3.05, 3.63) is 65.2 Å². The molecular formula is C22H25FN4O2. The van der Waals surface area contributed by atoms with Gasteiger partial charge < -0.3 is 15.4 Å². The van der Waals surface area contributed by atoms with Crippen LogP contribution in [0.4, 0.5) is 4.39 Å². The molecule has 1 aliphatic heterocycles. The van der Waals surface area contributed by atoms with Crippen LogP contribution in [0, 0.1) is 5.82 Å². The molecule has 29 heavy (non-hydrogen) atoms. The van der Waals surface area contributed by atoms with Gasteiger partial charge in [0.1, 0.15) is 11.3 Å². The van der Waals surface area contributed by atoms with Crippen LogP contribution >= 0.6 is 0 Å². The highest BCUT2D eigenvalue weighted by atomic mass is 19.1. The van der Waals surface area contributed by atoms with Gasteiger partial charge in [-0.25, -0.2) is 9.37 Å². The van der Waals surface area contributed by atoms with E-state index in [9.17, 15) is 14.3 Å². The second kappa shape index (κ2) is 8.71. The van der Waals surface area contributed by atoms with Crippen LogP contribution in [0.1, 0.15) is 23.4 Å². The maximum atomic E-state index is 13.7. The third kappa shape index (κ3) is 4.81. The third-order valence-electron chi connectivity index (χ3n) is 5.31. The van der Waals surface area contributed by atoms with Gasteiger partial charge in [0, 0.05) is 39.0 Å². The minimum absolute atomic E-state index is 0.158. The number of fused-ring (bicyclic) bond motifs is 2. The Balaban J connectivity index is 1.20. The Morgan fingerprint density at radius 2 is 2.07 bits per heavy atom. The molecule has 7 heteroatoms. The largest absolute Gasteiger partial charge is 0.390 e. The number of aliphatic hydroxyl groups excluding tert-OH is 1. The lowest BCUT2D eigenvalue weighted by atomic mass is 10.00. The normalized spacial score (nSPS) is 15.2. The molecule has 6 nitrogen and oxygen atoms in total. The van der Waals surface area contributed by atoms with E-state index in [1.807, 2.05) is 6.07 Å². The van der Waals surface area contributed by atoms with Crippen molar-refractivity contribution in [3.63, 3.8) is 0 Å². The monoisotopic (exact) mass is 396 g/mol. The lowest BCUT2D eigenvalue weighted by molar-refractivity contribution is -0.121. The summed E-state index contributed by atoms with van der Waals surface area (Å²) < 4.78 is 13.7. The van der Waals surface area contributed by atoms with Crippen molar-refractivity contribution in [2.24, 2.45) is 0 Å². The molecule has 1 aromatic heterocycles. The average Bonchev–Trinajstić information content (AvgIpc) is 3.15. The molecule has 0 spiro atoms. The fourth-order valence-corrected chi connectivity index (χ4v) is 3.79. The zero-order valence-corrected chi connectivity index (χ0v) is 16.2. The number of imidazole rings is 1. The van der Waals surface area contributed by atoms with Crippen LogP contribution in [0.15, 0.2) is 42.5 Å². The number of aryl methyl sites for hydroxylation is 1. The van der Waals surface area contributed by atoms with Crippen LogP contribution < -0.4 is 5.32 Å². The van der Waals surface area contributed by atoms with Crippen LogP contribution in [-0.4, -0.2) is 51.6 Å². The Hall–Kier alpha value is -2.77. The minimum atomic E-state index is -0.621. The highest BCUT2D eigenvalue weighted by Crippen LogP contribution is 2.18. The van der Waals surface area contributed by atoms with E-state index in [0.717, 1.165) is 19.5 Å². The SMILES string of the molecule is O=C(CCc1nc2c(F)cccc2[nH]1)NCC(O)CN1CCc2ccccc2C1. The molecule has 1 atom stereocenters. The van der Waals surface area contributed by atoms with Gasteiger partial charge in [-0.1, -0.05) is 30.3 Å². The smallest absolute Gasteiger partial charge is 0.220 e. The van der Waals surface area contributed by atoms with Crippen molar-refractivity contribution in [2.75, 3.05) is 19.6 Å². The quantitative estimate of drug-likeness (QED) is 0.572. The number of hydrogen-bond acceptors (Lipinski definition) is 4. The molecule has 3 aromatic rings. The van der Waals surface area contributed by atoms with Crippen molar-refractivity contribution in [2.45, 2.75) is 31.9 Å². The number of aliphatic hydroxyl groups is 1. The molecular weight excluding hydrogens is 371 g/mol. The predicted octanol–water partition coefficient (Wildman–Crippen LogP) is 2.17. The van der Waals surface area contributed by atoms with E-state index < -0.39 is 6.10 Å². The number of carbonyl (C=O) groups excluding carboxylic acids is 1. The molecule has 0 saturated carbocycles. The molecule has 2 aromatic carbocycles. The molecule has 152 valence electrons. The summed E-state index contributed by atoms with van der Waals surface area (Å²) in [5.41, 5.74) is 3.59. The number of rotatable bonds is 7. The Bertz CT molecular complexity index is 1000. The summed E-state index contributed by atoms with van der Waals surface area (Å²) in [7, 11) is 0. The van der Waals surface area contributed by atoms with Crippen LogP contribution in [0.25, 0.3) is 11.0 Å². The highest BCUT2D eigenvalue weighted by molar-refractivity contribution is 5.77. The number of β-amino-alcohol motifs (C(OH)–C–C–N with tert-alkyl or cyclic N) is 1. The molecule has 0 radical (unpaired) electrons. The molecule has 1 aliphatic rings. The van der Waals surface area contributed by atoms with Gasteiger partial charge in [-0.15, -0.1) is 0 Å². The van der Waals surface area contributed by atoms with E-state index in [0.29, 0.717) is 29.8 Å². The van der Waals surface area contributed by atoms with Crippen LogP contribution in [0.5, 0.6) is 0 Å². The van der Waals surface area contributed by atoms with E-state index in [-0.39, 0.29) is 24.7 Å². The maximum Gasteiger partial charge on any atom is 0.220 e. The number of halogens is 1. The Labute approximate surface area is 168 Å². The van der Waals surface area contributed by atoms with Gasteiger partial charge in [-0.05, 0) is 29.7 Å². The molecule has 0 saturated heterocycles. The number of para-hydroxylation sites is 1. The van der Waals surface area contributed by atoms with E-state index in [2.05, 4.69) is 38.4 Å². The van der Waals surface area contributed by atoms with Crippen LogP contribution in [-0.2, 0) is 24.2 Å². The number of nitrogens with one attached hydrogen (secondary N) is 2. The zero-order chi connectivity index (χ0) is 20.2. The van der Waals surface area contributed by atoms with Gasteiger partial charge in [-0.2, -0.15) is 0 Å². The topological polar surface area (TPSA) is 81.2 Å². The summed E-state index contributed by atoms with van der Waals surface area (Å²) in [6, 6.07) is 13.1. The highest BCUT2D eigenvalue weighted by Gasteiger charge is 2.18. The van der Waals surface area contributed by atoms with Crippen molar-refractivity contribution >= 4 is 16.9 Å². The average molecular weight is 396 g/mol. The Kier molecular flexibility index (Phi) is 5.87. The maximum absolute atomic E-state index is 13.7.